The van der Waals surface area contributed by atoms with Gasteiger partial charge in [0.1, 0.15) is 5.75 Å². The fourth-order valence-electron chi connectivity index (χ4n) is 1.44. The molecule has 0 heterocycles. The van der Waals surface area contributed by atoms with Gasteiger partial charge < -0.3 is 4.74 Å². The standard InChI is InChI=1S/C12H14Br2O2/c1-3-16-11-6-4-5-9(10(11)7-13)12(15)8(2)14/h4-6,8H,3,7H2,1-2H3. The summed E-state index contributed by atoms with van der Waals surface area (Å²) in [7, 11) is 0. The van der Waals surface area contributed by atoms with Gasteiger partial charge in [0.25, 0.3) is 0 Å². The highest BCUT2D eigenvalue weighted by atomic mass is 79.9. The average molecular weight is 350 g/mol. The van der Waals surface area contributed by atoms with Crippen molar-refractivity contribution in [3.8, 4) is 5.75 Å². The Morgan fingerprint density at radius 1 is 1.50 bits per heavy atom. The van der Waals surface area contributed by atoms with Crippen LogP contribution in [0.4, 0.5) is 0 Å². The molecule has 1 unspecified atom stereocenters. The van der Waals surface area contributed by atoms with Crippen LogP contribution in [0, 0.1) is 0 Å². The van der Waals surface area contributed by atoms with E-state index in [0.29, 0.717) is 17.5 Å². The molecule has 88 valence electrons. The number of benzene rings is 1. The first-order chi connectivity index (χ1) is 7.61. The summed E-state index contributed by atoms with van der Waals surface area (Å²) in [5.74, 6) is 0.856. The quantitative estimate of drug-likeness (QED) is 0.594. The molecular formula is C12H14Br2O2. The topological polar surface area (TPSA) is 26.3 Å². The van der Waals surface area contributed by atoms with Crippen LogP contribution in [0.3, 0.4) is 0 Å². The summed E-state index contributed by atoms with van der Waals surface area (Å²) in [5, 5.41) is 0.615. The molecule has 0 saturated heterocycles. The van der Waals surface area contributed by atoms with Crippen molar-refractivity contribution in [1.29, 1.82) is 0 Å². The van der Waals surface area contributed by atoms with Crippen LogP contribution in [0.25, 0.3) is 0 Å². The van der Waals surface area contributed by atoms with E-state index in [4.69, 9.17) is 4.74 Å². The average Bonchev–Trinajstić information content (AvgIpc) is 2.28. The number of rotatable bonds is 5. The number of hydrogen-bond acceptors (Lipinski definition) is 2. The molecule has 0 spiro atoms. The van der Waals surface area contributed by atoms with Crippen LogP contribution in [0.15, 0.2) is 18.2 Å². The van der Waals surface area contributed by atoms with Gasteiger partial charge in [0.15, 0.2) is 5.78 Å². The van der Waals surface area contributed by atoms with E-state index < -0.39 is 0 Å². The van der Waals surface area contributed by atoms with Gasteiger partial charge in [-0.2, -0.15) is 0 Å². The van der Waals surface area contributed by atoms with Gasteiger partial charge in [0.05, 0.1) is 11.4 Å². The molecule has 0 aliphatic carbocycles. The molecule has 1 rings (SSSR count). The third-order valence-electron chi connectivity index (χ3n) is 2.19. The minimum atomic E-state index is -0.179. The van der Waals surface area contributed by atoms with E-state index in [2.05, 4.69) is 31.9 Å². The monoisotopic (exact) mass is 348 g/mol. The Bertz CT molecular complexity index is 375. The Hall–Kier alpha value is -0.350. The molecule has 2 nitrogen and oxygen atoms in total. The van der Waals surface area contributed by atoms with Crippen molar-refractivity contribution >= 4 is 37.6 Å². The Morgan fingerprint density at radius 3 is 2.69 bits per heavy atom. The van der Waals surface area contributed by atoms with Crippen molar-refractivity contribution in [3.05, 3.63) is 29.3 Å². The highest BCUT2D eigenvalue weighted by Gasteiger charge is 2.18. The molecule has 4 heteroatoms. The van der Waals surface area contributed by atoms with Gasteiger partial charge in [0.2, 0.25) is 0 Å². The van der Waals surface area contributed by atoms with Crippen LogP contribution in [0.1, 0.15) is 29.8 Å². The lowest BCUT2D eigenvalue weighted by molar-refractivity contribution is 0.0994. The van der Waals surface area contributed by atoms with Crippen LogP contribution in [0.2, 0.25) is 0 Å². The van der Waals surface area contributed by atoms with E-state index in [0.717, 1.165) is 11.3 Å². The summed E-state index contributed by atoms with van der Waals surface area (Å²) in [6, 6.07) is 5.56. The molecule has 0 aromatic heterocycles. The maximum absolute atomic E-state index is 12.0. The van der Waals surface area contributed by atoms with Gasteiger partial charge >= 0.3 is 0 Å². The van der Waals surface area contributed by atoms with Crippen molar-refractivity contribution < 1.29 is 9.53 Å². The molecule has 0 aliphatic heterocycles. The Balaban J connectivity index is 3.18. The molecule has 16 heavy (non-hydrogen) atoms. The van der Waals surface area contributed by atoms with E-state index in [1.807, 2.05) is 32.0 Å². The number of carbonyl (C=O) groups excluding carboxylic acids is 1. The van der Waals surface area contributed by atoms with Crippen LogP contribution < -0.4 is 4.74 Å². The van der Waals surface area contributed by atoms with Gasteiger partial charge in [-0.25, -0.2) is 0 Å². The van der Waals surface area contributed by atoms with Gasteiger partial charge in [-0.1, -0.05) is 44.0 Å². The fraction of sp³-hybridized carbons (Fsp3) is 0.417. The molecule has 0 aliphatic rings. The first-order valence-corrected chi connectivity index (χ1v) is 7.14. The lowest BCUT2D eigenvalue weighted by atomic mass is 10.0. The molecule has 1 aromatic carbocycles. The molecule has 0 fully saturated rings. The zero-order valence-corrected chi connectivity index (χ0v) is 12.5. The van der Waals surface area contributed by atoms with Gasteiger partial charge in [-0.15, -0.1) is 0 Å². The third kappa shape index (κ3) is 3.08. The fourth-order valence-corrected chi connectivity index (χ4v) is 2.26. The molecule has 0 radical (unpaired) electrons. The Kier molecular flexibility index (Phi) is 5.49. The zero-order valence-electron chi connectivity index (χ0n) is 9.30. The van der Waals surface area contributed by atoms with Crippen molar-refractivity contribution in [2.45, 2.75) is 24.0 Å². The predicted octanol–water partition coefficient (Wildman–Crippen LogP) is 3.95. The number of carbonyl (C=O) groups is 1. The number of ketones is 1. The zero-order chi connectivity index (χ0) is 12.1. The second kappa shape index (κ2) is 6.40. The summed E-state index contributed by atoms with van der Waals surface area (Å²) in [5.41, 5.74) is 1.63. The van der Waals surface area contributed by atoms with Crippen LogP contribution in [-0.4, -0.2) is 17.2 Å². The predicted molar refractivity (Wildman–Crippen MR) is 73.0 cm³/mol. The van der Waals surface area contributed by atoms with Crippen LogP contribution >= 0.6 is 31.9 Å². The minimum Gasteiger partial charge on any atom is -0.494 e. The van der Waals surface area contributed by atoms with E-state index in [1.165, 1.54) is 0 Å². The largest absolute Gasteiger partial charge is 0.494 e. The maximum atomic E-state index is 12.0. The minimum absolute atomic E-state index is 0.0796. The number of hydrogen-bond donors (Lipinski definition) is 0. The second-order valence-electron chi connectivity index (χ2n) is 3.33. The first-order valence-electron chi connectivity index (χ1n) is 5.10. The smallest absolute Gasteiger partial charge is 0.176 e. The number of halogens is 2. The van der Waals surface area contributed by atoms with E-state index in [1.54, 1.807) is 0 Å². The second-order valence-corrected chi connectivity index (χ2v) is 5.26. The first kappa shape index (κ1) is 13.7. The van der Waals surface area contributed by atoms with Crippen LogP contribution in [-0.2, 0) is 5.33 Å². The third-order valence-corrected chi connectivity index (χ3v) is 3.17. The van der Waals surface area contributed by atoms with Gasteiger partial charge in [-0.05, 0) is 19.9 Å². The number of Topliss-reactive ketones (excluding diaryl/α,β-unsaturated/α-hetero) is 1. The number of ether oxygens (including phenoxy) is 1. The Labute approximate surface area is 113 Å². The van der Waals surface area contributed by atoms with Gasteiger partial charge in [-0.3, -0.25) is 4.79 Å². The van der Waals surface area contributed by atoms with Crippen molar-refractivity contribution in [1.82, 2.24) is 0 Å². The Morgan fingerprint density at radius 2 is 2.19 bits per heavy atom. The normalized spacial score (nSPS) is 12.2. The molecular weight excluding hydrogens is 336 g/mol. The van der Waals surface area contributed by atoms with Crippen LogP contribution in [0.5, 0.6) is 5.75 Å². The summed E-state index contributed by atoms with van der Waals surface area (Å²) < 4.78 is 5.50. The lowest BCUT2D eigenvalue weighted by Crippen LogP contribution is -2.13. The van der Waals surface area contributed by atoms with Crippen molar-refractivity contribution in [3.63, 3.8) is 0 Å². The maximum Gasteiger partial charge on any atom is 0.176 e. The molecule has 0 bridgehead atoms. The summed E-state index contributed by atoms with van der Waals surface area (Å²) in [6.45, 7) is 4.36. The molecule has 0 saturated carbocycles. The molecule has 1 atom stereocenters. The van der Waals surface area contributed by atoms with Crippen molar-refractivity contribution in [2.75, 3.05) is 6.61 Å². The highest BCUT2D eigenvalue weighted by Crippen LogP contribution is 2.27. The molecule has 0 N–H and O–H groups in total. The van der Waals surface area contributed by atoms with E-state index in [-0.39, 0.29) is 10.6 Å². The number of alkyl halides is 2. The molecule has 1 aromatic rings. The SMILES string of the molecule is CCOc1cccc(C(=O)C(C)Br)c1CBr. The summed E-state index contributed by atoms with van der Waals surface area (Å²) in [4.78, 5) is 11.8. The highest BCUT2D eigenvalue weighted by molar-refractivity contribution is 9.10. The molecule has 0 amide bonds. The summed E-state index contributed by atoms with van der Waals surface area (Å²) in [6.07, 6.45) is 0. The lowest BCUT2D eigenvalue weighted by Gasteiger charge is -2.13. The summed E-state index contributed by atoms with van der Waals surface area (Å²) >= 11 is 6.70. The van der Waals surface area contributed by atoms with E-state index in [9.17, 15) is 4.79 Å². The van der Waals surface area contributed by atoms with E-state index >= 15 is 0 Å². The van der Waals surface area contributed by atoms with Crippen molar-refractivity contribution in [2.24, 2.45) is 0 Å². The van der Waals surface area contributed by atoms with Gasteiger partial charge in [0, 0.05) is 16.5 Å².